The fourth-order valence-corrected chi connectivity index (χ4v) is 1.58. The van der Waals surface area contributed by atoms with Gasteiger partial charge in [0.2, 0.25) is 0 Å². The third kappa shape index (κ3) is 4.71. The van der Waals surface area contributed by atoms with Crippen LogP contribution in [0.25, 0.3) is 0 Å². The first-order valence-corrected chi connectivity index (χ1v) is 6.92. The average molecular weight is 273 g/mol. The van der Waals surface area contributed by atoms with Crippen molar-refractivity contribution in [3.63, 3.8) is 0 Å². The van der Waals surface area contributed by atoms with Gasteiger partial charge in [-0.25, -0.2) is 0 Å². The van der Waals surface area contributed by atoms with E-state index in [9.17, 15) is 4.79 Å². The van der Waals surface area contributed by atoms with Crippen molar-refractivity contribution in [1.29, 1.82) is 0 Å². The fraction of sp³-hybridized carbons (Fsp3) is 0.471. The zero-order valence-electron chi connectivity index (χ0n) is 12.7. The van der Waals surface area contributed by atoms with Crippen LogP contribution in [-0.2, 0) is 0 Å². The molecular formula is C17H23NO2. The second kappa shape index (κ2) is 7.12. The maximum absolute atomic E-state index is 12.2. The zero-order valence-corrected chi connectivity index (χ0v) is 12.7. The number of amides is 1. The molecule has 1 aromatic carbocycles. The molecule has 1 aromatic rings. The second-order valence-electron chi connectivity index (χ2n) is 5.50. The molecule has 0 aliphatic heterocycles. The summed E-state index contributed by atoms with van der Waals surface area (Å²) < 4.78 is 0. The molecule has 0 unspecified atom stereocenters. The Morgan fingerprint density at radius 3 is 2.70 bits per heavy atom. The maximum Gasteiger partial charge on any atom is 0.251 e. The van der Waals surface area contributed by atoms with Crippen molar-refractivity contribution in [1.82, 2.24) is 5.32 Å². The molecule has 108 valence electrons. The first-order valence-electron chi connectivity index (χ1n) is 6.92. The van der Waals surface area contributed by atoms with Crippen molar-refractivity contribution < 1.29 is 9.90 Å². The van der Waals surface area contributed by atoms with Crippen LogP contribution in [0.15, 0.2) is 18.2 Å². The summed E-state index contributed by atoms with van der Waals surface area (Å²) in [6.07, 6.45) is 1.31. The molecule has 3 nitrogen and oxygen atoms in total. The number of nitrogens with one attached hydrogen (secondary N) is 1. The van der Waals surface area contributed by atoms with Gasteiger partial charge in [-0.3, -0.25) is 4.79 Å². The second-order valence-corrected chi connectivity index (χ2v) is 5.50. The summed E-state index contributed by atoms with van der Waals surface area (Å²) in [4.78, 5) is 12.2. The molecule has 3 heteroatoms. The fourth-order valence-electron chi connectivity index (χ4n) is 1.58. The Balaban J connectivity index is 2.95. The number of hydrogen-bond donors (Lipinski definition) is 2. The summed E-state index contributed by atoms with van der Waals surface area (Å²) >= 11 is 0. The Kier molecular flexibility index (Phi) is 5.79. The normalized spacial score (nSPS) is 10.7. The van der Waals surface area contributed by atoms with E-state index in [0.717, 1.165) is 17.5 Å². The van der Waals surface area contributed by atoms with Crippen LogP contribution >= 0.6 is 0 Å². The van der Waals surface area contributed by atoms with Gasteiger partial charge in [0.1, 0.15) is 0 Å². The van der Waals surface area contributed by atoms with Crippen molar-refractivity contribution >= 4 is 5.91 Å². The molecular weight excluding hydrogens is 250 g/mol. The van der Waals surface area contributed by atoms with E-state index in [0.29, 0.717) is 12.0 Å². The minimum absolute atomic E-state index is 0.0525. The Labute approximate surface area is 121 Å². The first kappa shape index (κ1) is 16.3. The van der Waals surface area contributed by atoms with E-state index in [1.54, 1.807) is 6.07 Å². The van der Waals surface area contributed by atoms with Crippen molar-refractivity contribution in [2.24, 2.45) is 0 Å². The predicted octanol–water partition coefficient (Wildman–Crippen LogP) is 2.65. The van der Waals surface area contributed by atoms with Gasteiger partial charge in [-0.1, -0.05) is 24.8 Å². The van der Waals surface area contributed by atoms with E-state index in [-0.39, 0.29) is 18.1 Å². The summed E-state index contributed by atoms with van der Waals surface area (Å²) in [6, 6.07) is 5.52. The Bertz CT molecular complexity index is 536. The Morgan fingerprint density at radius 2 is 2.10 bits per heavy atom. The lowest BCUT2D eigenvalue weighted by molar-refractivity contribution is 0.0911. The SMILES string of the molecule is CCC(C)(C)NC(=O)c1ccc(C)c(C#CCCO)c1. The summed E-state index contributed by atoms with van der Waals surface area (Å²) in [5, 5.41) is 11.8. The van der Waals surface area contributed by atoms with Crippen molar-refractivity contribution in [3.05, 3.63) is 34.9 Å². The van der Waals surface area contributed by atoms with Crippen molar-refractivity contribution in [2.75, 3.05) is 6.61 Å². The smallest absolute Gasteiger partial charge is 0.251 e. The predicted molar refractivity (Wildman–Crippen MR) is 81.6 cm³/mol. The van der Waals surface area contributed by atoms with Crippen LogP contribution < -0.4 is 5.32 Å². The monoisotopic (exact) mass is 273 g/mol. The molecule has 0 aliphatic rings. The number of aliphatic hydroxyl groups excluding tert-OH is 1. The minimum atomic E-state index is -0.218. The summed E-state index contributed by atoms with van der Waals surface area (Å²) in [5.41, 5.74) is 2.26. The molecule has 0 saturated heterocycles. The van der Waals surface area contributed by atoms with E-state index in [1.807, 2.05) is 39.8 Å². The topological polar surface area (TPSA) is 49.3 Å². The summed E-state index contributed by atoms with van der Waals surface area (Å²) in [7, 11) is 0. The number of benzene rings is 1. The van der Waals surface area contributed by atoms with Gasteiger partial charge in [0.25, 0.3) is 5.91 Å². The lowest BCUT2D eigenvalue weighted by atomic mass is 10.00. The Hall–Kier alpha value is -1.79. The maximum atomic E-state index is 12.2. The van der Waals surface area contributed by atoms with Crippen LogP contribution in [0.3, 0.4) is 0 Å². The first-order chi connectivity index (χ1) is 9.39. The number of aliphatic hydroxyl groups is 1. The number of aryl methyl sites for hydroxylation is 1. The van der Waals surface area contributed by atoms with Gasteiger partial charge in [-0.05, 0) is 44.9 Å². The highest BCUT2D eigenvalue weighted by Gasteiger charge is 2.19. The average Bonchev–Trinajstić information content (AvgIpc) is 2.40. The lowest BCUT2D eigenvalue weighted by Crippen LogP contribution is -2.42. The molecule has 0 aromatic heterocycles. The van der Waals surface area contributed by atoms with Crippen LogP contribution in [0, 0.1) is 18.8 Å². The van der Waals surface area contributed by atoms with Gasteiger partial charge in [-0.15, -0.1) is 0 Å². The number of rotatable bonds is 4. The molecule has 1 rings (SSSR count). The molecule has 0 aliphatic carbocycles. The minimum Gasteiger partial charge on any atom is -0.395 e. The molecule has 0 heterocycles. The van der Waals surface area contributed by atoms with Crippen LogP contribution in [0.1, 0.15) is 55.1 Å². The van der Waals surface area contributed by atoms with E-state index in [1.165, 1.54) is 0 Å². The van der Waals surface area contributed by atoms with Crippen LogP contribution in [0.2, 0.25) is 0 Å². The number of carbonyl (C=O) groups is 1. The van der Waals surface area contributed by atoms with Gasteiger partial charge in [0, 0.05) is 23.1 Å². The molecule has 0 spiro atoms. The van der Waals surface area contributed by atoms with Crippen molar-refractivity contribution in [3.8, 4) is 11.8 Å². The third-order valence-corrected chi connectivity index (χ3v) is 3.30. The van der Waals surface area contributed by atoms with Gasteiger partial charge >= 0.3 is 0 Å². The molecule has 0 atom stereocenters. The molecule has 1 amide bonds. The third-order valence-electron chi connectivity index (χ3n) is 3.30. The molecule has 0 radical (unpaired) electrons. The summed E-state index contributed by atoms with van der Waals surface area (Å²) in [6.45, 7) is 8.06. The quantitative estimate of drug-likeness (QED) is 0.829. The van der Waals surface area contributed by atoms with Crippen LogP contribution in [-0.4, -0.2) is 23.2 Å². The molecule has 2 N–H and O–H groups in total. The highest BCUT2D eigenvalue weighted by molar-refractivity contribution is 5.95. The molecule has 0 bridgehead atoms. The van der Waals surface area contributed by atoms with E-state index < -0.39 is 0 Å². The van der Waals surface area contributed by atoms with Crippen LogP contribution in [0.4, 0.5) is 0 Å². The Morgan fingerprint density at radius 1 is 1.40 bits per heavy atom. The van der Waals surface area contributed by atoms with Gasteiger partial charge in [0.15, 0.2) is 0 Å². The highest BCUT2D eigenvalue weighted by Crippen LogP contribution is 2.13. The van der Waals surface area contributed by atoms with Crippen LogP contribution in [0.5, 0.6) is 0 Å². The zero-order chi connectivity index (χ0) is 15.2. The number of carbonyl (C=O) groups excluding carboxylic acids is 1. The van der Waals surface area contributed by atoms with E-state index in [2.05, 4.69) is 17.2 Å². The number of hydrogen-bond acceptors (Lipinski definition) is 2. The van der Waals surface area contributed by atoms with Gasteiger partial charge in [-0.2, -0.15) is 0 Å². The summed E-state index contributed by atoms with van der Waals surface area (Å²) in [5.74, 6) is 5.80. The van der Waals surface area contributed by atoms with Gasteiger partial charge in [0.05, 0.1) is 6.61 Å². The van der Waals surface area contributed by atoms with Gasteiger partial charge < -0.3 is 10.4 Å². The standard InChI is InChI=1S/C17H23NO2/c1-5-17(3,4)18-16(20)15-10-9-13(2)14(12-15)8-6-7-11-19/h9-10,12,19H,5,7,11H2,1-4H3,(H,18,20). The lowest BCUT2D eigenvalue weighted by Gasteiger charge is -2.24. The largest absolute Gasteiger partial charge is 0.395 e. The molecule has 0 saturated carbocycles. The van der Waals surface area contributed by atoms with E-state index >= 15 is 0 Å². The molecule has 0 fully saturated rings. The molecule has 20 heavy (non-hydrogen) atoms. The van der Waals surface area contributed by atoms with E-state index in [4.69, 9.17) is 5.11 Å². The highest BCUT2D eigenvalue weighted by atomic mass is 16.2. The van der Waals surface area contributed by atoms with Crippen molar-refractivity contribution in [2.45, 2.75) is 46.1 Å².